The molecule has 9 aromatic rings. The van der Waals surface area contributed by atoms with Crippen LogP contribution in [0, 0.1) is 0 Å². The van der Waals surface area contributed by atoms with Gasteiger partial charge in [0.25, 0.3) is 0 Å². The van der Waals surface area contributed by atoms with Gasteiger partial charge in [-0.15, -0.1) is 0 Å². The molecule has 2 heterocycles. The molecule has 0 atom stereocenters. The molecular weight excluding hydrogens is 727 g/mol. The van der Waals surface area contributed by atoms with Crippen molar-refractivity contribution in [3.63, 3.8) is 0 Å². The van der Waals surface area contributed by atoms with Crippen molar-refractivity contribution < 1.29 is 0 Å². The summed E-state index contributed by atoms with van der Waals surface area (Å²) in [6.45, 7) is 0. The van der Waals surface area contributed by atoms with Crippen molar-refractivity contribution in [2.24, 2.45) is 0 Å². The van der Waals surface area contributed by atoms with Gasteiger partial charge in [-0.2, -0.15) is 0 Å². The van der Waals surface area contributed by atoms with E-state index < -0.39 is 16.1 Å². The van der Waals surface area contributed by atoms with Crippen LogP contribution in [0.4, 0.5) is 0 Å². The van der Waals surface area contributed by atoms with E-state index in [4.69, 9.17) is 0 Å². The standard InChI is InChI=1S/C48H34BrNSi2/c49-35-31-32-44-42(33-35)41-25-10-11-26-43(41)50(44)36-17-16-24-40(34-36)52(39-22-8-3-9-23-39)47-29-14-12-27-45(47)51(37-18-4-1-5-19-37,38-20-6-2-7-21-38)46-28-13-15-30-48(46)52/h1-34H. The minimum atomic E-state index is -2.90. The van der Waals surface area contributed by atoms with Gasteiger partial charge < -0.3 is 4.57 Å². The van der Waals surface area contributed by atoms with Crippen molar-refractivity contribution in [1.29, 1.82) is 0 Å². The summed E-state index contributed by atoms with van der Waals surface area (Å²) in [5.74, 6) is 0. The Bertz CT molecular complexity index is 2670. The topological polar surface area (TPSA) is 4.93 Å². The molecule has 0 N–H and O–H groups in total. The third kappa shape index (κ3) is 4.38. The summed E-state index contributed by atoms with van der Waals surface area (Å²) >= 11 is 3.75. The summed E-state index contributed by atoms with van der Waals surface area (Å²) in [5.41, 5.74) is 3.61. The number of nitrogens with zero attached hydrogens (tertiary/aromatic N) is 1. The summed E-state index contributed by atoms with van der Waals surface area (Å²) in [6.07, 6.45) is 0. The zero-order valence-electron chi connectivity index (χ0n) is 28.5. The van der Waals surface area contributed by atoms with Crippen LogP contribution in [0.25, 0.3) is 27.5 Å². The predicted octanol–water partition coefficient (Wildman–Crippen LogP) is 6.61. The molecule has 4 heteroatoms. The van der Waals surface area contributed by atoms with Gasteiger partial charge in [0.1, 0.15) is 0 Å². The van der Waals surface area contributed by atoms with Gasteiger partial charge in [0.05, 0.1) is 11.0 Å². The van der Waals surface area contributed by atoms with E-state index in [1.54, 1.807) is 0 Å². The fourth-order valence-electron chi connectivity index (χ4n) is 9.31. The van der Waals surface area contributed by atoms with Gasteiger partial charge in [-0.1, -0.05) is 186 Å². The number of rotatable bonds is 5. The van der Waals surface area contributed by atoms with E-state index >= 15 is 0 Å². The van der Waals surface area contributed by atoms with Crippen LogP contribution in [0.15, 0.2) is 211 Å². The van der Waals surface area contributed by atoms with Crippen LogP contribution in [0.3, 0.4) is 0 Å². The molecule has 0 radical (unpaired) electrons. The van der Waals surface area contributed by atoms with E-state index in [-0.39, 0.29) is 0 Å². The zero-order valence-corrected chi connectivity index (χ0v) is 32.0. The van der Waals surface area contributed by atoms with Crippen molar-refractivity contribution >= 4 is 95.4 Å². The van der Waals surface area contributed by atoms with Crippen LogP contribution in [0.5, 0.6) is 0 Å². The van der Waals surface area contributed by atoms with E-state index in [1.807, 2.05) is 0 Å². The van der Waals surface area contributed by atoms with Crippen molar-refractivity contribution in [2.75, 3.05) is 0 Å². The first-order valence-electron chi connectivity index (χ1n) is 17.9. The summed E-state index contributed by atoms with van der Waals surface area (Å²) in [4.78, 5) is 0. The monoisotopic (exact) mass is 759 g/mol. The number of fused-ring (bicyclic) bond motifs is 5. The summed E-state index contributed by atoms with van der Waals surface area (Å²) in [6, 6.07) is 78.1. The number of benzene rings is 8. The smallest absolute Gasteiger partial charge is 0.179 e. The Hall–Kier alpha value is -5.53. The van der Waals surface area contributed by atoms with Crippen LogP contribution in [-0.4, -0.2) is 20.7 Å². The molecular formula is C48H34BrNSi2. The lowest BCUT2D eigenvalue weighted by Crippen LogP contribution is -2.93. The molecule has 246 valence electrons. The van der Waals surface area contributed by atoms with Crippen molar-refractivity contribution in [3.05, 3.63) is 211 Å². The second kappa shape index (κ2) is 12.3. The molecule has 52 heavy (non-hydrogen) atoms. The molecule has 0 unspecified atom stereocenters. The van der Waals surface area contributed by atoms with E-state index in [0.717, 1.165) is 4.47 Å². The van der Waals surface area contributed by atoms with Gasteiger partial charge in [0.2, 0.25) is 0 Å². The van der Waals surface area contributed by atoms with E-state index in [9.17, 15) is 0 Å². The van der Waals surface area contributed by atoms with Crippen molar-refractivity contribution in [3.8, 4) is 5.69 Å². The molecule has 0 amide bonds. The minimum Gasteiger partial charge on any atom is -0.309 e. The van der Waals surface area contributed by atoms with Crippen LogP contribution in [0.2, 0.25) is 0 Å². The third-order valence-electron chi connectivity index (χ3n) is 11.3. The molecule has 8 aromatic carbocycles. The maximum absolute atomic E-state index is 3.75. The lowest BCUT2D eigenvalue weighted by atomic mass is 10.2. The molecule has 0 bridgehead atoms. The van der Waals surface area contributed by atoms with E-state index in [1.165, 1.54) is 69.0 Å². The van der Waals surface area contributed by atoms with E-state index in [0.29, 0.717) is 0 Å². The lowest BCUT2D eigenvalue weighted by Gasteiger charge is -2.48. The summed E-state index contributed by atoms with van der Waals surface area (Å²) in [7, 11) is -5.66. The molecule has 0 aliphatic carbocycles. The molecule has 0 spiro atoms. The fraction of sp³-hybridized carbons (Fsp3) is 0. The Morgan fingerprint density at radius 3 is 1.29 bits per heavy atom. The average Bonchev–Trinajstić information content (AvgIpc) is 3.54. The van der Waals surface area contributed by atoms with Gasteiger partial charge in [0.15, 0.2) is 16.1 Å². The predicted molar refractivity (Wildman–Crippen MR) is 229 cm³/mol. The van der Waals surface area contributed by atoms with E-state index in [2.05, 4.69) is 227 Å². The number of para-hydroxylation sites is 1. The highest BCUT2D eigenvalue weighted by atomic mass is 79.9. The summed E-state index contributed by atoms with van der Waals surface area (Å²) in [5, 5.41) is 14.1. The fourth-order valence-corrected chi connectivity index (χ4v) is 21.8. The first-order valence-corrected chi connectivity index (χ1v) is 22.7. The second-order valence-corrected chi connectivity index (χ2v) is 22.1. The molecule has 0 fully saturated rings. The molecule has 0 saturated carbocycles. The molecule has 1 aliphatic heterocycles. The quantitative estimate of drug-likeness (QED) is 0.174. The van der Waals surface area contributed by atoms with Crippen LogP contribution in [0.1, 0.15) is 0 Å². The summed E-state index contributed by atoms with van der Waals surface area (Å²) < 4.78 is 3.55. The maximum atomic E-state index is 3.75. The number of hydrogen-bond acceptors (Lipinski definition) is 0. The highest BCUT2D eigenvalue weighted by Crippen LogP contribution is 2.33. The second-order valence-electron chi connectivity index (χ2n) is 13.8. The zero-order chi connectivity index (χ0) is 34.7. The molecule has 1 aliphatic rings. The van der Waals surface area contributed by atoms with Crippen molar-refractivity contribution in [2.45, 2.75) is 0 Å². The molecule has 1 nitrogen and oxygen atoms in total. The van der Waals surface area contributed by atoms with Gasteiger partial charge in [-0.3, -0.25) is 0 Å². The van der Waals surface area contributed by atoms with Gasteiger partial charge in [0, 0.05) is 20.9 Å². The van der Waals surface area contributed by atoms with Gasteiger partial charge in [-0.25, -0.2) is 0 Å². The molecule has 1 aromatic heterocycles. The van der Waals surface area contributed by atoms with Gasteiger partial charge in [-0.05, 0) is 77.9 Å². The van der Waals surface area contributed by atoms with Gasteiger partial charge >= 0.3 is 0 Å². The number of halogens is 1. The van der Waals surface area contributed by atoms with Crippen LogP contribution in [-0.2, 0) is 0 Å². The third-order valence-corrected chi connectivity index (χ3v) is 22.0. The number of aromatic nitrogens is 1. The molecule has 10 rings (SSSR count). The Morgan fingerprint density at radius 1 is 0.327 bits per heavy atom. The first kappa shape index (κ1) is 31.2. The lowest BCUT2D eigenvalue weighted by molar-refractivity contribution is 1.18. The first-order chi connectivity index (χ1) is 25.7. The minimum absolute atomic E-state index is 1.09. The Balaban J connectivity index is 1.35. The average molecular weight is 761 g/mol. The van der Waals surface area contributed by atoms with Crippen LogP contribution >= 0.6 is 15.9 Å². The Morgan fingerprint density at radius 2 is 0.750 bits per heavy atom. The van der Waals surface area contributed by atoms with Crippen LogP contribution < -0.4 is 41.5 Å². The highest BCUT2D eigenvalue weighted by molar-refractivity contribution is 9.10. The Kier molecular flexibility index (Phi) is 7.39. The van der Waals surface area contributed by atoms with Crippen molar-refractivity contribution in [1.82, 2.24) is 4.57 Å². The number of hydrogen-bond donors (Lipinski definition) is 0. The largest absolute Gasteiger partial charge is 0.309 e. The normalized spacial score (nSPS) is 14.2. The highest BCUT2D eigenvalue weighted by Gasteiger charge is 2.56. The SMILES string of the molecule is Brc1ccc2c(c1)c1ccccc1n2-c1cccc([Si]2(c3ccccc3)c3ccccc3[Si](c3ccccc3)(c3ccccc3)c3ccccc32)c1. The Labute approximate surface area is 314 Å². The molecule has 0 saturated heterocycles. The maximum Gasteiger partial charge on any atom is 0.179 e.